The number of hydrogen-bond acceptors (Lipinski definition) is 5. The van der Waals surface area contributed by atoms with Crippen LogP contribution in [0.3, 0.4) is 0 Å². The minimum atomic E-state index is 0.359. The highest BCUT2D eigenvalue weighted by atomic mass is 16.5. The molecule has 0 unspecified atom stereocenters. The molecule has 148 valence electrons. The molecule has 3 N–H and O–H groups in total. The number of aromatic amines is 2. The quantitative estimate of drug-likeness (QED) is 0.258. The molecule has 0 amide bonds. The van der Waals surface area contributed by atoms with E-state index in [9.17, 15) is 5.21 Å². The molecule has 0 atom stereocenters. The Morgan fingerprint density at radius 2 is 1.62 bits per heavy atom. The standard InChI is InChI=1S/C22H21N3O4/c1-27-19-10-15(11-20(28-2)22(19)29-3)21(25-26)18-9-16(12-24-18)13-4-5-17-14(8-13)6-7-23-17/h4-12,23-24,26H,1-3H3. The van der Waals surface area contributed by atoms with Crippen LogP contribution in [0.2, 0.25) is 0 Å². The molecule has 2 aromatic heterocycles. The first kappa shape index (κ1) is 18.5. The second kappa shape index (κ2) is 7.63. The molecule has 0 spiro atoms. The Kier molecular flexibility index (Phi) is 4.87. The van der Waals surface area contributed by atoms with Crippen molar-refractivity contribution in [2.24, 2.45) is 5.16 Å². The number of benzene rings is 2. The zero-order valence-electron chi connectivity index (χ0n) is 16.3. The summed E-state index contributed by atoms with van der Waals surface area (Å²) >= 11 is 0. The van der Waals surface area contributed by atoms with Gasteiger partial charge in [0.2, 0.25) is 5.75 Å². The Morgan fingerprint density at radius 3 is 2.28 bits per heavy atom. The van der Waals surface area contributed by atoms with Crippen molar-refractivity contribution in [1.29, 1.82) is 0 Å². The van der Waals surface area contributed by atoms with Gasteiger partial charge >= 0.3 is 0 Å². The fraction of sp³-hybridized carbons (Fsp3) is 0.136. The topological polar surface area (TPSA) is 91.9 Å². The highest BCUT2D eigenvalue weighted by Crippen LogP contribution is 2.39. The molecule has 0 bridgehead atoms. The smallest absolute Gasteiger partial charge is 0.203 e. The molecular weight excluding hydrogens is 370 g/mol. The lowest BCUT2D eigenvalue weighted by Crippen LogP contribution is -2.06. The second-order valence-corrected chi connectivity index (χ2v) is 6.44. The fourth-order valence-electron chi connectivity index (χ4n) is 3.42. The minimum Gasteiger partial charge on any atom is -0.493 e. The Balaban J connectivity index is 1.74. The molecule has 7 nitrogen and oxygen atoms in total. The molecule has 4 aromatic rings. The van der Waals surface area contributed by atoms with E-state index in [2.05, 4.69) is 21.2 Å². The van der Waals surface area contributed by atoms with Crippen LogP contribution in [0.15, 0.2) is 60.0 Å². The first-order valence-electron chi connectivity index (χ1n) is 8.97. The highest BCUT2D eigenvalue weighted by molar-refractivity contribution is 6.12. The summed E-state index contributed by atoms with van der Waals surface area (Å²) in [6.07, 6.45) is 3.80. The number of hydrogen-bond donors (Lipinski definition) is 3. The first-order chi connectivity index (χ1) is 14.2. The van der Waals surface area contributed by atoms with Crippen molar-refractivity contribution in [3.05, 3.63) is 66.1 Å². The van der Waals surface area contributed by atoms with Crippen LogP contribution < -0.4 is 14.2 Å². The number of nitrogens with one attached hydrogen (secondary N) is 2. The summed E-state index contributed by atoms with van der Waals surface area (Å²) in [4.78, 5) is 6.38. The van der Waals surface area contributed by atoms with E-state index in [4.69, 9.17) is 14.2 Å². The van der Waals surface area contributed by atoms with E-state index in [0.29, 0.717) is 34.2 Å². The van der Waals surface area contributed by atoms with Gasteiger partial charge in [0.25, 0.3) is 0 Å². The van der Waals surface area contributed by atoms with Crippen molar-refractivity contribution in [1.82, 2.24) is 9.97 Å². The zero-order chi connectivity index (χ0) is 20.4. The van der Waals surface area contributed by atoms with Crippen LogP contribution in [-0.2, 0) is 0 Å². The summed E-state index contributed by atoms with van der Waals surface area (Å²) in [5.41, 5.74) is 4.76. The molecule has 0 radical (unpaired) electrons. The molecule has 0 fully saturated rings. The van der Waals surface area contributed by atoms with Crippen molar-refractivity contribution < 1.29 is 19.4 Å². The van der Waals surface area contributed by atoms with Gasteiger partial charge in [0.05, 0.1) is 27.0 Å². The number of nitrogens with zero attached hydrogens (tertiary/aromatic N) is 1. The largest absolute Gasteiger partial charge is 0.493 e. The average molecular weight is 391 g/mol. The van der Waals surface area contributed by atoms with Crippen molar-refractivity contribution in [3.8, 4) is 28.4 Å². The van der Waals surface area contributed by atoms with Crippen molar-refractivity contribution in [2.75, 3.05) is 21.3 Å². The number of fused-ring (bicyclic) bond motifs is 1. The van der Waals surface area contributed by atoms with Crippen LogP contribution in [0, 0.1) is 0 Å². The SMILES string of the molecule is COc1cc(C(=NO)c2cc(-c3ccc4[nH]ccc4c3)c[nH]2)cc(OC)c1OC. The molecule has 7 heteroatoms. The fourth-order valence-corrected chi connectivity index (χ4v) is 3.42. The molecule has 2 heterocycles. The maximum Gasteiger partial charge on any atom is 0.203 e. The van der Waals surface area contributed by atoms with Gasteiger partial charge in [0, 0.05) is 23.5 Å². The van der Waals surface area contributed by atoms with Crippen LogP contribution in [0.4, 0.5) is 0 Å². The van der Waals surface area contributed by atoms with Gasteiger partial charge in [0.1, 0.15) is 5.71 Å². The van der Waals surface area contributed by atoms with Crippen molar-refractivity contribution in [3.63, 3.8) is 0 Å². The predicted octanol–water partition coefficient (Wildman–Crippen LogP) is 4.42. The zero-order valence-corrected chi connectivity index (χ0v) is 16.3. The maximum atomic E-state index is 9.73. The molecule has 0 saturated carbocycles. The van der Waals surface area contributed by atoms with Crippen LogP contribution in [-0.4, -0.2) is 42.2 Å². The third-order valence-electron chi connectivity index (χ3n) is 4.86. The number of rotatable bonds is 6. The summed E-state index contributed by atoms with van der Waals surface area (Å²) in [5, 5.41) is 14.4. The van der Waals surface area contributed by atoms with E-state index in [1.165, 1.54) is 0 Å². The lowest BCUT2D eigenvalue weighted by atomic mass is 10.0. The monoisotopic (exact) mass is 391 g/mol. The Bertz CT molecular complexity index is 1160. The van der Waals surface area contributed by atoms with E-state index >= 15 is 0 Å². The summed E-state index contributed by atoms with van der Waals surface area (Å²) in [7, 11) is 4.63. The third-order valence-corrected chi connectivity index (χ3v) is 4.86. The summed E-state index contributed by atoms with van der Waals surface area (Å²) in [6, 6.07) is 13.6. The first-order valence-corrected chi connectivity index (χ1v) is 8.97. The van der Waals surface area contributed by atoms with Crippen molar-refractivity contribution in [2.45, 2.75) is 0 Å². The van der Waals surface area contributed by atoms with Crippen LogP contribution in [0.1, 0.15) is 11.3 Å². The molecular formula is C22H21N3O4. The van der Waals surface area contributed by atoms with E-state index < -0.39 is 0 Å². The number of aromatic nitrogens is 2. The van der Waals surface area contributed by atoms with Crippen molar-refractivity contribution >= 4 is 16.6 Å². The normalized spacial score (nSPS) is 11.6. The van der Waals surface area contributed by atoms with Gasteiger partial charge in [-0.3, -0.25) is 0 Å². The van der Waals surface area contributed by atoms with Gasteiger partial charge in [-0.05, 0) is 52.9 Å². The molecule has 0 aliphatic carbocycles. The van der Waals surface area contributed by atoms with E-state index in [1.807, 2.05) is 36.7 Å². The third kappa shape index (κ3) is 3.27. The lowest BCUT2D eigenvalue weighted by Gasteiger charge is -2.14. The Labute approximate surface area is 167 Å². The maximum absolute atomic E-state index is 9.73. The number of oxime groups is 1. The van der Waals surface area contributed by atoms with Crippen LogP contribution >= 0.6 is 0 Å². The van der Waals surface area contributed by atoms with Gasteiger partial charge in [-0.1, -0.05) is 11.2 Å². The summed E-state index contributed by atoms with van der Waals surface area (Å²) < 4.78 is 16.2. The summed E-state index contributed by atoms with van der Waals surface area (Å²) in [5.74, 6) is 1.43. The van der Waals surface area contributed by atoms with E-state index in [0.717, 1.165) is 22.0 Å². The minimum absolute atomic E-state index is 0.359. The van der Waals surface area contributed by atoms with Gasteiger partial charge in [-0.15, -0.1) is 0 Å². The highest BCUT2D eigenvalue weighted by Gasteiger charge is 2.18. The Morgan fingerprint density at radius 1 is 0.862 bits per heavy atom. The molecule has 0 saturated heterocycles. The van der Waals surface area contributed by atoms with Gasteiger partial charge in [0.15, 0.2) is 11.5 Å². The molecule has 4 rings (SSSR count). The molecule has 0 aliphatic rings. The van der Waals surface area contributed by atoms with Gasteiger partial charge in [-0.25, -0.2) is 0 Å². The molecule has 2 aromatic carbocycles. The van der Waals surface area contributed by atoms with Gasteiger partial charge in [-0.2, -0.15) is 0 Å². The van der Waals surface area contributed by atoms with E-state index in [-0.39, 0.29) is 0 Å². The summed E-state index contributed by atoms with van der Waals surface area (Å²) in [6.45, 7) is 0. The predicted molar refractivity (Wildman–Crippen MR) is 112 cm³/mol. The molecule has 29 heavy (non-hydrogen) atoms. The lowest BCUT2D eigenvalue weighted by molar-refractivity contribution is 0.318. The van der Waals surface area contributed by atoms with Crippen LogP contribution in [0.5, 0.6) is 17.2 Å². The van der Waals surface area contributed by atoms with E-state index in [1.54, 1.807) is 33.5 Å². The number of methoxy groups -OCH3 is 3. The number of ether oxygens (including phenoxy) is 3. The average Bonchev–Trinajstić information content (AvgIpc) is 3.42. The van der Waals surface area contributed by atoms with Crippen LogP contribution in [0.25, 0.3) is 22.0 Å². The Hall–Kier alpha value is -3.87. The molecule has 0 aliphatic heterocycles. The number of H-pyrrole nitrogens is 2. The van der Waals surface area contributed by atoms with Gasteiger partial charge < -0.3 is 29.4 Å². The second-order valence-electron chi connectivity index (χ2n) is 6.44.